The minimum atomic E-state index is -1.05. The molecule has 1 unspecified atom stereocenters. The average molecular weight is 202 g/mol. The van der Waals surface area contributed by atoms with Gasteiger partial charge < -0.3 is 9.84 Å². The summed E-state index contributed by atoms with van der Waals surface area (Å²) in [5, 5.41) is 9.10. The van der Waals surface area contributed by atoms with Crippen molar-refractivity contribution in [2.45, 2.75) is 20.0 Å². The lowest BCUT2D eigenvalue weighted by molar-refractivity contribution is 0.192. The molecule has 0 spiro atoms. The van der Waals surface area contributed by atoms with Crippen molar-refractivity contribution in [3.05, 3.63) is 29.3 Å². The van der Waals surface area contributed by atoms with Crippen LogP contribution in [0.5, 0.6) is 5.75 Å². The molecule has 0 bridgehead atoms. The second-order valence-corrected chi connectivity index (χ2v) is 2.89. The molecule has 4 heteroatoms. The lowest BCUT2D eigenvalue weighted by atomic mass is 10.1. The van der Waals surface area contributed by atoms with Gasteiger partial charge in [-0.25, -0.2) is 4.39 Å². The zero-order chi connectivity index (χ0) is 10.7. The van der Waals surface area contributed by atoms with Gasteiger partial charge in [-0.2, -0.15) is 4.39 Å². The van der Waals surface area contributed by atoms with Crippen LogP contribution in [-0.2, 0) is 0 Å². The predicted molar refractivity (Wildman–Crippen MR) is 48.2 cm³/mol. The smallest absolute Gasteiger partial charge is 0.200 e. The fraction of sp³-hybridized carbons (Fsp3) is 0.400. The van der Waals surface area contributed by atoms with E-state index in [-0.39, 0.29) is 17.9 Å². The fourth-order valence-corrected chi connectivity index (χ4v) is 1.14. The van der Waals surface area contributed by atoms with Crippen molar-refractivity contribution in [3.63, 3.8) is 0 Å². The first kappa shape index (κ1) is 10.9. The van der Waals surface area contributed by atoms with Crippen molar-refractivity contribution in [3.8, 4) is 5.75 Å². The van der Waals surface area contributed by atoms with Gasteiger partial charge in [0.2, 0.25) is 5.82 Å². The van der Waals surface area contributed by atoms with Crippen molar-refractivity contribution >= 4 is 0 Å². The summed E-state index contributed by atoms with van der Waals surface area (Å²) in [7, 11) is 0. The van der Waals surface area contributed by atoms with E-state index in [1.807, 2.05) is 0 Å². The first-order valence-corrected chi connectivity index (χ1v) is 4.36. The second kappa shape index (κ2) is 4.37. The van der Waals surface area contributed by atoms with Crippen LogP contribution in [0.3, 0.4) is 0 Å². The third-order valence-corrected chi connectivity index (χ3v) is 1.83. The zero-order valence-electron chi connectivity index (χ0n) is 8.05. The van der Waals surface area contributed by atoms with Crippen molar-refractivity contribution in [2.24, 2.45) is 0 Å². The Morgan fingerprint density at radius 1 is 1.36 bits per heavy atom. The zero-order valence-corrected chi connectivity index (χ0v) is 8.05. The highest BCUT2D eigenvalue weighted by atomic mass is 19.2. The van der Waals surface area contributed by atoms with E-state index in [0.717, 1.165) is 0 Å². The van der Waals surface area contributed by atoms with E-state index in [0.29, 0.717) is 0 Å². The molecule has 0 aliphatic carbocycles. The highest BCUT2D eigenvalue weighted by Gasteiger charge is 2.16. The van der Waals surface area contributed by atoms with E-state index in [4.69, 9.17) is 9.84 Å². The van der Waals surface area contributed by atoms with Gasteiger partial charge in [-0.1, -0.05) is 0 Å². The summed E-state index contributed by atoms with van der Waals surface area (Å²) >= 11 is 0. The SMILES string of the molecule is CCOc1ccc(C(C)O)c(F)c1F. The molecular formula is C10H12F2O2. The van der Waals surface area contributed by atoms with Crippen LogP contribution in [0.15, 0.2) is 12.1 Å². The molecule has 0 aliphatic heterocycles. The minimum Gasteiger partial charge on any atom is -0.491 e. The van der Waals surface area contributed by atoms with Crippen LogP contribution in [0, 0.1) is 11.6 Å². The maximum absolute atomic E-state index is 13.2. The average Bonchev–Trinajstić information content (AvgIpc) is 2.13. The molecule has 1 rings (SSSR count). The van der Waals surface area contributed by atoms with Crippen LogP contribution in [0.25, 0.3) is 0 Å². The molecule has 14 heavy (non-hydrogen) atoms. The summed E-state index contributed by atoms with van der Waals surface area (Å²) in [4.78, 5) is 0. The van der Waals surface area contributed by atoms with Crippen molar-refractivity contribution < 1.29 is 18.6 Å². The van der Waals surface area contributed by atoms with E-state index in [2.05, 4.69) is 0 Å². The Balaban J connectivity index is 3.12. The van der Waals surface area contributed by atoms with E-state index < -0.39 is 17.7 Å². The highest BCUT2D eigenvalue weighted by molar-refractivity contribution is 5.31. The number of aliphatic hydroxyl groups excluding tert-OH is 1. The third kappa shape index (κ3) is 2.01. The first-order valence-electron chi connectivity index (χ1n) is 4.36. The van der Waals surface area contributed by atoms with Gasteiger partial charge in [0.1, 0.15) is 0 Å². The second-order valence-electron chi connectivity index (χ2n) is 2.89. The Morgan fingerprint density at radius 2 is 2.00 bits per heavy atom. The monoisotopic (exact) mass is 202 g/mol. The summed E-state index contributed by atoms with van der Waals surface area (Å²) < 4.78 is 31.3. The van der Waals surface area contributed by atoms with Gasteiger partial charge in [0.25, 0.3) is 0 Å². The molecule has 0 heterocycles. The number of halogens is 2. The summed E-state index contributed by atoms with van der Waals surface area (Å²) in [5.74, 6) is -2.23. The largest absolute Gasteiger partial charge is 0.491 e. The lowest BCUT2D eigenvalue weighted by Gasteiger charge is -2.10. The van der Waals surface area contributed by atoms with Crippen molar-refractivity contribution in [2.75, 3.05) is 6.61 Å². The molecule has 78 valence electrons. The number of aliphatic hydroxyl groups is 1. The van der Waals surface area contributed by atoms with Crippen LogP contribution in [0.2, 0.25) is 0 Å². The fourth-order valence-electron chi connectivity index (χ4n) is 1.14. The van der Waals surface area contributed by atoms with Gasteiger partial charge in [0.05, 0.1) is 12.7 Å². The molecule has 0 amide bonds. The van der Waals surface area contributed by atoms with Gasteiger partial charge in [-0.15, -0.1) is 0 Å². The van der Waals surface area contributed by atoms with E-state index in [1.54, 1.807) is 6.92 Å². The Bertz CT molecular complexity index is 324. The molecule has 0 saturated carbocycles. The number of ether oxygens (including phenoxy) is 1. The molecule has 1 N–H and O–H groups in total. The Hall–Kier alpha value is -1.16. The predicted octanol–water partition coefficient (Wildman–Crippen LogP) is 2.42. The molecule has 0 fully saturated rings. The molecule has 2 nitrogen and oxygen atoms in total. The topological polar surface area (TPSA) is 29.5 Å². The van der Waals surface area contributed by atoms with E-state index in [1.165, 1.54) is 19.1 Å². The highest BCUT2D eigenvalue weighted by Crippen LogP contribution is 2.26. The summed E-state index contributed by atoms with van der Waals surface area (Å²) in [6.07, 6.45) is -1.03. The molecule has 1 aromatic carbocycles. The standard InChI is InChI=1S/C10H12F2O2/c1-3-14-8-5-4-7(6(2)13)9(11)10(8)12/h4-6,13H,3H2,1-2H3. The van der Waals surface area contributed by atoms with Crippen molar-refractivity contribution in [1.29, 1.82) is 0 Å². The minimum absolute atomic E-state index is 0.0639. The molecule has 1 atom stereocenters. The quantitative estimate of drug-likeness (QED) is 0.815. The molecule has 0 aromatic heterocycles. The Kier molecular flexibility index (Phi) is 3.41. The number of benzene rings is 1. The number of hydrogen-bond acceptors (Lipinski definition) is 2. The van der Waals surface area contributed by atoms with Crippen LogP contribution in [-0.4, -0.2) is 11.7 Å². The maximum Gasteiger partial charge on any atom is 0.200 e. The maximum atomic E-state index is 13.2. The van der Waals surface area contributed by atoms with Crippen molar-refractivity contribution in [1.82, 2.24) is 0 Å². The normalized spacial score (nSPS) is 12.6. The first-order chi connectivity index (χ1) is 6.57. The van der Waals surface area contributed by atoms with Crippen LogP contribution in [0.1, 0.15) is 25.5 Å². The molecule has 0 saturated heterocycles. The van der Waals surface area contributed by atoms with Crippen LogP contribution < -0.4 is 4.74 Å². The summed E-state index contributed by atoms with van der Waals surface area (Å²) in [5.41, 5.74) is -0.0639. The van der Waals surface area contributed by atoms with Gasteiger partial charge in [0.15, 0.2) is 11.6 Å². The van der Waals surface area contributed by atoms with Gasteiger partial charge >= 0.3 is 0 Å². The van der Waals surface area contributed by atoms with Crippen LogP contribution in [0.4, 0.5) is 8.78 Å². The van der Waals surface area contributed by atoms with E-state index in [9.17, 15) is 8.78 Å². The summed E-state index contributed by atoms with van der Waals surface area (Å²) in [6, 6.07) is 2.62. The van der Waals surface area contributed by atoms with Gasteiger partial charge in [-0.3, -0.25) is 0 Å². The Labute approximate surface area is 81.1 Å². The molecule has 1 aromatic rings. The van der Waals surface area contributed by atoms with Gasteiger partial charge in [0, 0.05) is 5.56 Å². The lowest BCUT2D eigenvalue weighted by Crippen LogP contribution is -2.02. The number of hydrogen-bond donors (Lipinski definition) is 1. The third-order valence-electron chi connectivity index (χ3n) is 1.83. The van der Waals surface area contributed by atoms with Gasteiger partial charge in [-0.05, 0) is 26.0 Å². The molecule has 0 radical (unpaired) electrons. The van der Waals surface area contributed by atoms with E-state index >= 15 is 0 Å². The molecular weight excluding hydrogens is 190 g/mol. The summed E-state index contributed by atoms with van der Waals surface area (Å²) in [6.45, 7) is 3.32. The van der Waals surface area contributed by atoms with Crippen LogP contribution >= 0.6 is 0 Å². The molecule has 0 aliphatic rings. The number of rotatable bonds is 3. The Morgan fingerprint density at radius 3 is 2.50 bits per heavy atom.